The average Bonchev–Trinajstić information content (AvgIpc) is 2.64. The van der Waals surface area contributed by atoms with E-state index in [0.717, 1.165) is 0 Å². The summed E-state index contributed by atoms with van der Waals surface area (Å²) in [6.45, 7) is 0. The smallest absolute Gasteiger partial charge is 0.224 e. The number of nitrogens with one attached hydrogen (secondary N) is 1. The Morgan fingerprint density at radius 2 is 1.44 bits per heavy atom. The van der Waals surface area contributed by atoms with E-state index in [0.29, 0.717) is 0 Å². The molecule has 0 heterocycles. The van der Waals surface area contributed by atoms with E-state index < -0.39 is 39.6 Å². The molecule has 0 radical (unpaired) electrons. The van der Waals surface area contributed by atoms with E-state index in [9.17, 15) is 19.2 Å². The van der Waals surface area contributed by atoms with Gasteiger partial charge in [-0.25, -0.2) is 0 Å². The van der Waals surface area contributed by atoms with Gasteiger partial charge in [0, 0.05) is 25.2 Å². The molecule has 1 N–H and O–H groups in total. The fraction of sp³-hybridized carbons (Fsp3) is 0.222. The van der Waals surface area contributed by atoms with Crippen LogP contribution >= 0.6 is 34.8 Å². The molecule has 2 aliphatic rings. The average molecular weight is 428 g/mol. The maximum atomic E-state index is 12.8. The van der Waals surface area contributed by atoms with Crippen LogP contribution in [-0.2, 0) is 9.59 Å². The highest BCUT2D eigenvalue weighted by Gasteiger charge is 2.43. The quantitative estimate of drug-likeness (QED) is 0.588. The number of hydrogen-bond acceptors (Lipinski definition) is 6. The van der Waals surface area contributed by atoms with E-state index in [1.54, 1.807) is 26.2 Å². The predicted molar refractivity (Wildman–Crippen MR) is 101 cm³/mol. The first kappa shape index (κ1) is 19.6. The van der Waals surface area contributed by atoms with Gasteiger partial charge in [-0.1, -0.05) is 47.5 Å². The Hall–Kier alpha value is -2.15. The number of fused-ring (bicyclic) bond motifs is 1. The third-order valence-corrected chi connectivity index (χ3v) is 5.46. The summed E-state index contributed by atoms with van der Waals surface area (Å²) in [5, 5.41) is 0.558. The second-order valence-electron chi connectivity index (χ2n) is 6.20. The first-order chi connectivity index (χ1) is 12.7. The Bertz CT molecular complexity index is 965. The lowest BCUT2D eigenvalue weighted by Crippen LogP contribution is -2.52. The third-order valence-electron chi connectivity index (χ3n) is 4.30. The molecule has 1 aromatic carbocycles. The summed E-state index contributed by atoms with van der Waals surface area (Å²) >= 11 is 18.3. The normalized spacial score (nSPS) is 23.0. The van der Waals surface area contributed by atoms with Gasteiger partial charge in [0.15, 0.2) is 11.6 Å². The van der Waals surface area contributed by atoms with E-state index in [2.05, 4.69) is 5.32 Å². The van der Waals surface area contributed by atoms with Gasteiger partial charge in [-0.3, -0.25) is 19.2 Å². The van der Waals surface area contributed by atoms with Crippen molar-refractivity contribution in [2.45, 2.75) is 11.4 Å². The van der Waals surface area contributed by atoms with Gasteiger partial charge in [0.1, 0.15) is 32.9 Å². The van der Waals surface area contributed by atoms with Crippen LogP contribution in [0.4, 0.5) is 0 Å². The van der Waals surface area contributed by atoms with Crippen molar-refractivity contribution in [2.75, 3.05) is 14.1 Å². The molecule has 1 aromatic rings. The zero-order chi connectivity index (χ0) is 20.0. The molecule has 0 aliphatic heterocycles. The van der Waals surface area contributed by atoms with Crippen LogP contribution in [0.3, 0.4) is 0 Å². The zero-order valence-corrected chi connectivity index (χ0v) is 16.4. The predicted octanol–water partition coefficient (Wildman–Crippen LogP) is 2.25. The van der Waals surface area contributed by atoms with Crippen molar-refractivity contribution in [3.8, 4) is 0 Å². The highest BCUT2D eigenvalue weighted by Crippen LogP contribution is 2.31. The number of halogens is 3. The van der Waals surface area contributed by atoms with Crippen molar-refractivity contribution < 1.29 is 19.2 Å². The first-order valence-corrected chi connectivity index (χ1v) is 9.00. The second kappa shape index (κ2) is 7.11. The largest absolute Gasteiger partial charge is 0.373 e. The number of hydrogen-bond donors (Lipinski definition) is 1. The number of carbonyl (C=O) groups excluding carboxylic acids is 4. The molecule has 2 aliphatic carbocycles. The minimum atomic E-state index is -1.27. The van der Waals surface area contributed by atoms with Crippen LogP contribution in [0.5, 0.6) is 0 Å². The number of allylic oxidation sites excluding steroid dienone is 2. The van der Waals surface area contributed by atoms with Crippen molar-refractivity contribution in [1.82, 2.24) is 10.2 Å². The van der Waals surface area contributed by atoms with E-state index in [1.165, 1.54) is 17.0 Å². The number of nitrogens with zero attached hydrogens (tertiary/aromatic N) is 1. The molecule has 0 fully saturated rings. The van der Waals surface area contributed by atoms with Gasteiger partial charge in [0.05, 0.1) is 0 Å². The lowest BCUT2D eigenvalue weighted by atomic mass is 9.85. The summed E-state index contributed by atoms with van der Waals surface area (Å²) < 4.78 is 0. The molecule has 0 spiro atoms. The SMILES string of the molecule is CN(C)C1=C(Cl)C(=O)C(NC2C(=O)c3ccccc3C(=O)C2Cl)=C(Cl)C1=O. The van der Waals surface area contributed by atoms with Crippen LogP contribution in [0.25, 0.3) is 0 Å². The maximum absolute atomic E-state index is 12.8. The maximum Gasteiger partial charge on any atom is 0.224 e. The Morgan fingerprint density at radius 1 is 0.889 bits per heavy atom. The Balaban J connectivity index is 2.01. The van der Waals surface area contributed by atoms with E-state index in [-0.39, 0.29) is 27.6 Å². The number of rotatable bonds is 3. The molecule has 3 rings (SSSR count). The van der Waals surface area contributed by atoms with Gasteiger partial charge in [0.25, 0.3) is 0 Å². The van der Waals surface area contributed by atoms with Crippen molar-refractivity contribution >= 4 is 57.9 Å². The van der Waals surface area contributed by atoms with Crippen molar-refractivity contribution in [2.24, 2.45) is 0 Å². The standard InChI is InChI=1S/C18H13Cl3N2O4/c1-23(2)14-11(21)17(26)13(10(20)18(14)27)22-12-9(19)15(24)7-5-3-4-6-8(7)16(12)25/h3-6,9,12,22H,1-2H3. The fourth-order valence-electron chi connectivity index (χ4n) is 2.97. The highest BCUT2D eigenvalue weighted by molar-refractivity contribution is 6.56. The Morgan fingerprint density at radius 3 is 2.00 bits per heavy atom. The zero-order valence-electron chi connectivity index (χ0n) is 14.2. The van der Waals surface area contributed by atoms with Crippen molar-refractivity contribution in [3.05, 3.63) is 56.9 Å². The van der Waals surface area contributed by atoms with E-state index in [4.69, 9.17) is 34.8 Å². The van der Waals surface area contributed by atoms with Crippen LogP contribution in [0, 0.1) is 0 Å². The minimum absolute atomic E-state index is 0.0592. The van der Waals surface area contributed by atoms with Gasteiger partial charge in [-0.05, 0) is 0 Å². The lowest BCUT2D eigenvalue weighted by Gasteiger charge is -2.30. The highest BCUT2D eigenvalue weighted by atomic mass is 35.5. The summed E-state index contributed by atoms with van der Waals surface area (Å²) in [6, 6.07) is 4.97. The van der Waals surface area contributed by atoms with Crippen LogP contribution in [0.15, 0.2) is 45.7 Å². The number of benzene rings is 1. The number of likely N-dealkylation sites (N-methyl/N-ethyl adjacent to an activating group) is 1. The van der Waals surface area contributed by atoms with Gasteiger partial charge in [0.2, 0.25) is 11.6 Å². The Labute approximate surface area is 169 Å². The Kier molecular flexibility index (Phi) is 5.16. The molecular formula is C18H13Cl3N2O4. The topological polar surface area (TPSA) is 83.6 Å². The van der Waals surface area contributed by atoms with Crippen molar-refractivity contribution in [1.29, 1.82) is 0 Å². The third kappa shape index (κ3) is 3.08. The number of Topliss-reactive ketones (excluding diaryl/α,β-unsaturated/α-hetero) is 4. The second-order valence-corrected chi connectivity index (χ2v) is 7.43. The van der Waals surface area contributed by atoms with Gasteiger partial charge >= 0.3 is 0 Å². The number of ketones is 4. The summed E-state index contributed by atoms with van der Waals surface area (Å²) in [5.74, 6) is -2.38. The molecule has 6 nitrogen and oxygen atoms in total. The fourth-order valence-corrected chi connectivity index (χ4v) is 3.84. The van der Waals surface area contributed by atoms with Crippen molar-refractivity contribution in [3.63, 3.8) is 0 Å². The molecule has 0 saturated carbocycles. The summed E-state index contributed by atoms with van der Waals surface area (Å²) in [5.41, 5.74) is -0.0252. The van der Waals surface area contributed by atoms with E-state index >= 15 is 0 Å². The van der Waals surface area contributed by atoms with Gasteiger partial charge in [-0.2, -0.15) is 0 Å². The molecular weight excluding hydrogens is 415 g/mol. The summed E-state index contributed by atoms with van der Waals surface area (Å²) in [4.78, 5) is 51.7. The minimum Gasteiger partial charge on any atom is -0.373 e. The lowest BCUT2D eigenvalue weighted by molar-refractivity contribution is -0.116. The summed E-state index contributed by atoms with van der Waals surface area (Å²) in [7, 11) is 3.08. The molecule has 140 valence electrons. The van der Waals surface area contributed by atoms with Crippen LogP contribution < -0.4 is 5.32 Å². The molecule has 0 amide bonds. The monoisotopic (exact) mass is 426 g/mol. The molecule has 0 aromatic heterocycles. The van der Waals surface area contributed by atoms with Crippen LogP contribution in [0.2, 0.25) is 0 Å². The van der Waals surface area contributed by atoms with E-state index in [1.807, 2.05) is 0 Å². The molecule has 2 unspecified atom stereocenters. The number of carbonyl (C=O) groups is 4. The molecule has 0 saturated heterocycles. The number of alkyl halides is 1. The molecule has 27 heavy (non-hydrogen) atoms. The van der Waals surface area contributed by atoms with Crippen LogP contribution in [0.1, 0.15) is 20.7 Å². The summed E-state index contributed by atoms with van der Waals surface area (Å²) in [6.07, 6.45) is 0. The van der Waals surface area contributed by atoms with Crippen LogP contribution in [-0.4, -0.2) is 53.5 Å². The molecule has 0 bridgehead atoms. The molecule has 2 atom stereocenters. The first-order valence-electron chi connectivity index (χ1n) is 7.81. The van der Waals surface area contributed by atoms with Gasteiger partial charge < -0.3 is 10.2 Å². The molecule has 9 heteroatoms. The van der Waals surface area contributed by atoms with Gasteiger partial charge in [-0.15, -0.1) is 11.6 Å².